The fourth-order valence-corrected chi connectivity index (χ4v) is 4.08. The molecule has 0 bridgehead atoms. The minimum Gasteiger partial charge on any atom is -0.478 e. The molecule has 0 fully saturated rings. The second-order valence-corrected chi connectivity index (χ2v) is 8.03. The topological polar surface area (TPSA) is 104 Å². The van der Waals surface area contributed by atoms with Gasteiger partial charge in [0.1, 0.15) is 0 Å². The molecular formula is C25H21NO6S. The average Bonchev–Trinajstić information content (AvgIpc) is 3.19. The molecule has 0 aliphatic rings. The van der Waals surface area contributed by atoms with E-state index in [-0.39, 0.29) is 17.5 Å². The Labute approximate surface area is 194 Å². The quantitative estimate of drug-likeness (QED) is 0.252. The highest BCUT2D eigenvalue weighted by Gasteiger charge is 2.25. The summed E-state index contributed by atoms with van der Waals surface area (Å²) in [5, 5.41) is 18.1. The lowest BCUT2D eigenvalue weighted by atomic mass is 10.1. The third kappa shape index (κ3) is 5.96. The number of thiophene rings is 1. The van der Waals surface area contributed by atoms with Crippen LogP contribution in [0.4, 0.5) is 10.5 Å². The van der Waals surface area contributed by atoms with E-state index in [1.54, 1.807) is 48.5 Å². The molecule has 168 valence electrons. The van der Waals surface area contributed by atoms with Gasteiger partial charge in [0.15, 0.2) is 0 Å². The van der Waals surface area contributed by atoms with Crippen molar-refractivity contribution in [2.45, 2.75) is 6.92 Å². The Morgan fingerprint density at radius 1 is 1.09 bits per heavy atom. The van der Waals surface area contributed by atoms with Crippen molar-refractivity contribution in [2.75, 3.05) is 11.4 Å². The standard InChI is InChI=1S/C25H21NO6S/c1-3-13-26(23(29)18-10-7-16(2)8-11-18)20-15-21(33-24(20)32-25(30)31)19-6-4-5-17(14-19)9-12-22(27)28/h3-12,14-15H,1,13H2,2H3,(H,27,28)(H,30,31). The summed E-state index contributed by atoms with van der Waals surface area (Å²) in [5.74, 6) is -1.39. The van der Waals surface area contributed by atoms with Crippen molar-refractivity contribution in [3.05, 3.63) is 90.0 Å². The van der Waals surface area contributed by atoms with E-state index in [1.807, 2.05) is 19.1 Å². The van der Waals surface area contributed by atoms with Crippen molar-refractivity contribution in [1.29, 1.82) is 0 Å². The first kappa shape index (κ1) is 23.5. The molecule has 0 saturated heterocycles. The number of carboxylic acids is 1. The minimum absolute atomic E-state index is 0.0475. The molecule has 3 aromatic rings. The molecule has 8 heteroatoms. The van der Waals surface area contributed by atoms with Crippen molar-refractivity contribution in [2.24, 2.45) is 0 Å². The van der Waals surface area contributed by atoms with Crippen LogP contribution in [0.15, 0.2) is 73.3 Å². The first-order valence-corrected chi connectivity index (χ1v) is 10.7. The van der Waals surface area contributed by atoms with Crippen molar-refractivity contribution in [3.63, 3.8) is 0 Å². The second-order valence-electron chi connectivity index (χ2n) is 7.02. The van der Waals surface area contributed by atoms with E-state index < -0.39 is 12.1 Å². The zero-order chi connectivity index (χ0) is 24.0. The summed E-state index contributed by atoms with van der Waals surface area (Å²) in [4.78, 5) is 37.4. The van der Waals surface area contributed by atoms with Crippen LogP contribution < -0.4 is 9.64 Å². The van der Waals surface area contributed by atoms with Gasteiger partial charge in [-0.3, -0.25) is 4.79 Å². The van der Waals surface area contributed by atoms with Gasteiger partial charge in [-0.05, 0) is 48.4 Å². The number of hydrogen-bond acceptors (Lipinski definition) is 5. The Balaban J connectivity index is 2.06. The fourth-order valence-electron chi connectivity index (χ4n) is 3.08. The summed E-state index contributed by atoms with van der Waals surface area (Å²) in [6.07, 6.45) is 2.54. The van der Waals surface area contributed by atoms with Gasteiger partial charge in [-0.1, -0.05) is 53.3 Å². The average molecular weight is 464 g/mol. The minimum atomic E-state index is -1.50. The molecule has 3 rings (SSSR count). The highest BCUT2D eigenvalue weighted by molar-refractivity contribution is 7.18. The van der Waals surface area contributed by atoms with Crippen molar-refractivity contribution >= 4 is 41.1 Å². The van der Waals surface area contributed by atoms with Crippen molar-refractivity contribution < 1.29 is 29.3 Å². The van der Waals surface area contributed by atoms with E-state index in [4.69, 9.17) is 9.84 Å². The van der Waals surface area contributed by atoms with Crippen LogP contribution in [0, 0.1) is 6.92 Å². The van der Waals surface area contributed by atoms with Crippen LogP contribution in [-0.2, 0) is 4.79 Å². The molecule has 1 amide bonds. The Bertz CT molecular complexity index is 1230. The van der Waals surface area contributed by atoms with Crippen LogP contribution in [0.5, 0.6) is 5.06 Å². The SMILES string of the molecule is C=CCN(C(=O)c1ccc(C)cc1)c1cc(-c2cccc(C=CC(=O)O)c2)sc1OC(=O)O. The largest absolute Gasteiger partial charge is 0.512 e. The summed E-state index contributed by atoms with van der Waals surface area (Å²) in [5.41, 5.74) is 3.12. The number of hydrogen-bond donors (Lipinski definition) is 2. The molecule has 0 unspecified atom stereocenters. The van der Waals surface area contributed by atoms with E-state index in [0.717, 1.165) is 28.5 Å². The number of nitrogens with zero attached hydrogens (tertiary/aromatic N) is 1. The van der Waals surface area contributed by atoms with Gasteiger partial charge >= 0.3 is 12.1 Å². The molecule has 0 aliphatic heterocycles. The molecule has 1 heterocycles. The predicted molar refractivity (Wildman–Crippen MR) is 128 cm³/mol. The number of aliphatic carboxylic acids is 1. The lowest BCUT2D eigenvalue weighted by molar-refractivity contribution is -0.131. The summed E-state index contributed by atoms with van der Waals surface area (Å²) in [6.45, 7) is 5.77. The normalized spacial score (nSPS) is 10.7. The molecule has 2 N–H and O–H groups in total. The first-order valence-electron chi connectivity index (χ1n) is 9.84. The molecule has 0 radical (unpaired) electrons. The number of benzene rings is 2. The van der Waals surface area contributed by atoms with E-state index in [9.17, 15) is 19.5 Å². The number of carbonyl (C=O) groups excluding carboxylic acids is 1. The van der Waals surface area contributed by atoms with Gasteiger partial charge in [-0.15, -0.1) is 6.58 Å². The van der Waals surface area contributed by atoms with E-state index in [0.29, 0.717) is 21.7 Å². The molecule has 7 nitrogen and oxygen atoms in total. The molecule has 0 saturated carbocycles. The fraction of sp³-hybridized carbons (Fsp3) is 0.0800. The molecule has 0 spiro atoms. The van der Waals surface area contributed by atoms with E-state index in [2.05, 4.69) is 6.58 Å². The lowest BCUT2D eigenvalue weighted by Crippen LogP contribution is -2.31. The number of carboxylic acid groups (broad SMARTS) is 2. The highest BCUT2D eigenvalue weighted by atomic mass is 32.1. The summed E-state index contributed by atoms with van der Waals surface area (Å²) in [7, 11) is 0. The lowest BCUT2D eigenvalue weighted by Gasteiger charge is -2.21. The predicted octanol–water partition coefficient (Wildman–Crippen LogP) is 5.71. The zero-order valence-electron chi connectivity index (χ0n) is 17.7. The maximum absolute atomic E-state index is 13.2. The Morgan fingerprint density at radius 3 is 2.45 bits per heavy atom. The van der Waals surface area contributed by atoms with Gasteiger partial charge in [0.2, 0.25) is 5.06 Å². The smallest absolute Gasteiger partial charge is 0.478 e. The molecule has 0 atom stereocenters. The monoisotopic (exact) mass is 463 g/mol. The number of carbonyl (C=O) groups is 3. The molecule has 2 aromatic carbocycles. The number of anilines is 1. The number of aryl methyl sites for hydroxylation is 1. The Hall–Kier alpha value is -4.17. The van der Waals surface area contributed by atoms with Crippen molar-refractivity contribution in [1.82, 2.24) is 0 Å². The Kier molecular flexibility index (Phi) is 7.42. The molecule has 0 aliphatic carbocycles. The van der Waals surface area contributed by atoms with E-state index >= 15 is 0 Å². The highest BCUT2D eigenvalue weighted by Crippen LogP contribution is 2.43. The third-order valence-electron chi connectivity index (χ3n) is 4.60. The maximum atomic E-state index is 13.2. The van der Waals surface area contributed by atoms with Gasteiger partial charge in [-0.2, -0.15) is 0 Å². The Morgan fingerprint density at radius 2 is 1.82 bits per heavy atom. The van der Waals surface area contributed by atoms with Crippen LogP contribution in [0.25, 0.3) is 16.5 Å². The number of amides is 1. The second kappa shape index (κ2) is 10.4. The molecule has 1 aromatic heterocycles. The van der Waals surface area contributed by atoms with Gasteiger partial charge in [0.05, 0.1) is 5.69 Å². The third-order valence-corrected chi connectivity index (χ3v) is 5.65. The molecular weight excluding hydrogens is 442 g/mol. The van der Waals surface area contributed by atoms with Crippen molar-refractivity contribution in [3.8, 4) is 15.5 Å². The molecule has 33 heavy (non-hydrogen) atoms. The summed E-state index contributed by atoms with van der Waals surface area (Å²) >= 11 is 1.07. The number of ether oxygens (including phenoxy) is 1. The van der Waals surface area contributed by atoms with Gasteiger partial charge in [0.25, 0.3) is 5.91 Å². The number of rotatable bonds is 8. The summed E-state index contributed by atoms with van der Waals surface area (Å²) in [6, 6.07) is 15.8. The zero-order valence-corrected chi connectivity index (χ0v) is 18.5. The maximum Gasteiger partial charge on any atom is 0.512 e. The van der Waals surface area contributed by atoms with Gasteiger partial charge in [0, 0.05) is 23.1 Å². The van der Waals surface area contributed by atoms with Gasteiger partial charge < -0.3 is 19.8 Å². The summed E-state index contributed by atoms with van der Waals surface area (Å²) < 4.78 is 5.00. The van der Waals surface area contributed by atoms with Gasteiger partial charge in [-0.25, -0.2) is 9.59 Å². The van der Waals surface area contributed by atoms with Crippen LogP contribution in [0.2, 0.25) is 0 Å². The van der Waals surface area contributed by atoms with Crippen LogP contribution in [-0.4, -0.2) is 34.8 Å². The van der Waals surface area contributed by atoms with Crippen LogP contribution in [0.1, 0.15) is 21.5 Å². The van der Waals surface area contributed by atoms with E-state index in [1.165, 1.54) is 11.0 Å². The van der Waals surface area contributed by atoms with Crippen LogP contribution in [0.3, 0.4) is 0 Å². The first-order chi connectivity index (χ1) is 15.8. The van der Waals surface area contributed by atoms with Crippen LogP contribution >= 0.6 is 11.3 Å².